The number of fused-ring (bicyclic) bond motifs is 1. The van der Waals surface area contributed by atoms with Crippen molar-refractivity contribution in [2.24, 2.45) is 0 Å². The highest BCUT2D eigenvalue weighted by Gasteiger charge is 2.24. The quantitative estimate of drug-likeness (QED) is 0.639. The van der Waals surface area contributed by atoms with Gasteiger partial charge in [0.05, 0.1) is 16.9 Å². The second-order valence-corrected chi connectivity index (χ2v) is 8.40. The first kappa shape index (κ1) is 18.8. The first-order chi connectivity index (χ1) is 12.7. The zero-order valence-electron chi connectivity index (χ0n) is 14.9. The molecule has 9 heteroatoms. The highest BCUT2D eigenvalue weighted by molar-refractivity contribution is 7.92. The lowest BCUT2D eigenvalue weighted by Gasteiger charge is -2.29. The van der Waals surface area contributed by atoms with E-state index in [1.165, 1.54) is 22.5 Å². The van der Waals surface area contributed by atoms with E-state index < -0.39 is 20.9 Å². The molecule has 0 spiro atoms. The molecule has 3 rings (SSSR count). The van der Waals surface area contributed by atoms with Gasteiger partial charge in [-0.05, 0) is 49.6 Å². The standard InChI is InChI=1S/C18H19N3O5S/c1-12-10-14(6-8-16(12)21(23)24)18(22)19-15-7-5-13-4-3-9-20(17(13)11-15)27(2,25)26/h5-8,10-11H,3-4,9H2,1-2H3,(H,19,22). The van der Waals surface area contributed by atoms with Crippen LogP contribution in [0.25, 0.3) is 0 Å². The highest BCUT2D eigenvalue weighted by Crippen LogP contribution is 2.32. The van der Waals surface area contributed by atoms with E-state index in [1.54, 1.807) is 19.1 Å². The van der Waals surface area contributed by atoms with Crippen LogP contribution in [0.4, 0.5) is 17.1 Å². The lowest BCUT2D eigenvalue weighted by Crippen LogP contribution is -2.34. The molecule has 0 saturated carbocycles. The third kappa shape index (κ3) is 3.92. The monoisotopic (exact) mass is 389 g/mol. The zero-order chi connectivity index (χ0) is 19.8. The van der Waals surface area contributed by atoms with Crippen molar-refractivity contribution in [2.45, 2.75) is 19.8 Å². The highest BCUT2D eigenvalue weighted by atomic mass is 32.2. The zero-order valence-corrected chi connectivity index (χ0v) is 15.7. The number of nitrogens with zero attached hydrogens (tertiary/aromatic N) is 2. The molecule has 2 aromatic rings. The number of rotatable bonds is 4. The number of nitro groups is 1. The topological polar surface area (TPSA) is 110 Å². The normalized spacial score (nSPS) is 13.8. The molecule has 0 radical (unpaired) electrons. The molecular weight excluding hydrogens is 370 g/mol. The van der Waals surface area contributed by atoms with Crippen LogP contribution in [0.5, 0.6) is 0 Å². The van der Waals surface area contributed by atoms with Crippen LogP contribution in [0.15, 0.2) is 36.4 Å². The molecule has 0 bridgehead atoms. The van der Waals surface area contributed by atoms with Gasteiger partial charge in [-0.2, -0.15) is 0 Å². The maximum absolute atomic E-state index is 12.5. The number of nitrogens with one attached hydrogen (secondary N) is 1. The van der Waals surface area contributed by atoms with Crippen molar-refractivity contribution in [1.29, 1.82) is 0 Å². The summed E-state index contributed by atoms with van der Waals surface area (Å²) in [6, 6.07) is 9.31. The van der Waals surface area contributed by atoms with Gasteiger partial charge in [-0.25, -0.2) is 8.42 Å². The summed E-state index contributed by atoms with van der Waals surface area (Å²) in [6.45, 7) is 1.97. The van der Waals surface area contributed by atoms with Crippen LogP contribution in [0.2, 0.25) is 0 Å². The molecule has 27 heavy (non-hydrogen) atoms. The summed E-state index contributed by atoms with van der Waals surface area (Å²) in [5.41, 5.74) is 2.57. The summed E-state index contributed by atoms with van der Waals surface area (Å²) >= 11 is 0. The molecule has 0 atom stereocenters. The smallest absolute Gasteiger partial charge is 0.272 e. The summed E-state index contributed by atoms with van der Waals surface area (Å²) in [7, 11) is -3.40. The predicted octanol–water partition coefficient (Wildman–Crippen LogP) is 2.87. The number of sulfonamides is 1. The van der Waals surface area contributed by atoms with Crippen LogP contribution in [-0.4, -0.2) is 32.0 Å². The van der Waals surface area contributed by atoms with Crippen LogP contribution in [-0.2, 0) is 16.4 Å². The Hall–Kier alpha value is -2.94. The SMILES string of the molecule is Cc1cc(C(=O)Nc2ccc3c(c2)N(S(C)(=O)=O)CCC3)ccc1[N+](=O)[O-]. The van der Waals surface area contributed by atoms with E-state index in [9.17, 15) is 23.3 Å². The Morgan fingerprint density at radius 2 is 1.96 bits per heavy atom. The van der Waals surface area contributed by atoms with E-state index in [0.29, 0.717) is 23.5 Å². The van der Waals surface area contributed by atoms with Gasteiger partial charge in [0, 0.05) is 29.4 Å². The van der Waals surface area contributed by atoms with Crippen molar-refractivity contribution in [1.82, 2.24) is 0 Å². The average Bonchev–Trinajstić information content (AvgIpc) is 2.59. The van der Waals surface area contributed by atoms with Crippen LogP contribution >= 0.6 is 0 Å². The first-order valence-electron chi connectivity index (χ1n) is 8.34. The van der Waals surface area contributed by atoms with E-state index >= 15 is 0 Å². The molecule has 1 heterocycles. The van der Waals surface area contributed by atoms with E-state index in [4.69, 9.17) is 0 Å². The number of hydrogen-bond acceptors (Lipinski definition) is 5. The molecular formula is C18H19N3O5S. The molecule has 0 unspecified atom stereocenters. The number of aryl methyl sites for hydroxylation is 2. The number of amides is 1. The molecule has 142 valence electrons. The van der Waals surface area contributed by atoms with Gasteiger partial charge < -0.3 is 5.32 Å². The molecule has 8 nitrogen and oxygen atoms in total. The van der Waals surface area contributed by atoms with E-state index in [-0.39, 0.29) is 11.3 Å². The minimum atomic E-state index is -3.40. The van der Waals surface area contributed by atoms with Gasteiger partial charge >= 0.3 is 0 Å². The predicted molar refractivity (Wildman–Crippen MR) is 103 cm³/mol. The fraction of sp³-hybridized carbons (Fsp3) is 0.278. The minimum Gasteiger partial charge on any atom is -0.322 e. The largest absolute Gasteiger partial charge is 0.322 e. The molecule has 1 N–H and O–H groups in total. The second-order valence-electron chi connectivity index (χ2n) is 6.49. The maximum atomic E-state index is 12.5. The van der Waals surface area contributed by atoms with Crippen molar-refractivity contribution in [2.75, 3.05) is 22.4 Å². The fourth-order valence-electron chi connectivity index (χ4n) is 3.17. The number of hydrogen-bond donors (Lipinski definition) is 1. The van der Waals surface area contributed by atoms with Crippen LogP contribution in [0.1, 0.15) is 27.9 Å². The minimum absolute atomic E-state index is 0.0517. The third-order valence-corrected chi connectivity index (χ3v) is 5.66. The summed E-state index contributed by atoms with van der Waals surface area (Å²) in [5, 5.41) is 13.6. The van der Waals surface area contributed by atoms with Gasteiger partial charge in [-0.1, -0.05) is 6.07 Å². The molecule has 1 aliphatic rings. The second kappa shape index (κ2) is 6.99. The van der Waals surface area contributed by atoms with E-state index in [0.717, 1.165) is 24.7 Å². The number of nitro benzene ring substituents is 1. The van der Waals surface area contributed by atoms with Crippen LogP contribution < -0.4 is 9.62 Å². The van der Waals surface area contributed by atoms with Crippen molar-refractivity contribution in [3.8, 4) is 0 Å². The maximum Gasteiger partial charge on any atom is 0.272 e. The van der Waals surface area contributed by atoms with Crippen LogP contribution in [0.3, 0.4) is 0 Å². The lowest BCUT2D eigenvalue weighted by atomic mass is 10.0. The molecule has 0 saturated heterocycles. The average molecular weight is 389 g/mol. The summed E-state index contributed by atoms with van der Waals surface area (Å²) in [6.07, 6.45) is 2.68. The molecule has 2 aromatic carbocycles. The number of anilines is 2. The fourth-order valence-corrected chi connectivity index (χ4v) is 4.16. The van der Waals surface area contributed by atoms with Crippen molar-refractivity contribution in [3.63, 3.8) is 0 Å². The van der Waals surface area contributed by atoms with Crippen molar-refractivity contribution in [3.05, 3.63) is 63.2 Å². The van der Waals surface area contributed by atoms with Crippen molar-refractivity contribution >= 4 is 33.0 Å². The number of carbonyl (C=O) groups excluding carboxylic acids is 1. The Balaban J connectivity index is 1.87. The molecule has 0 aliphatic carbocycles. The lowest BCUT2D eigenvalue weighted by molar-refractivity contribution is -0.385. The van der Waals surface area contributed by atoms with Gasteiger partial charge in [-0.15, -0.1) is 0 Å². The van der Waals surface area contributed by atoms with Crippen LogP contribution in [0, 0.1) is 17.0 Å². The van der Waals surface area contributed by atoms with Gasteiger partial charge in [0.25, 0.3) is 11.6 Å². The van der Waals surface area contributed by atoms with Gasteiger partial charge in [-0.3, -0.25) is 19.2 Å². The molecule has 0 aromatic heterocycles. The van der Waals surface area contributed by atoms with E-state index in [2.05, 4.69) is 5.32 Å². The van der Waals surface area contributed by atoms with Gasteiger partial charge in [0.15, 0.2) is 0 Å². The molecule has 0 fully saturated rings. The summed E-state index contributed by atoms with van der Waals surface area (Å²) in [4.78, 5) is 22.9. The number of carbonyl (C=O) groups is 1. The number of benzene rings is 2. The van der Waals surface area contributed by atoms with Gasteiger partial charge in [0.2, 0.25) is 10.0 Å². The van der Waals surface area contributed by atoms with Crippen molar-refractivity contribution < 1.29 is 18.1 Å². The Morgan fingerprint density at radius 3 is 2.59 bits per heavy atom. The molecule has 1 amide bonds. The Kier molecular flexibility index (Phi) is 4.88. The van der Waals surface area contributed by atoms with Gasteiger partial charge in [0.1, 0.15) is 0 Å². The third-order valence-electron chi connectivity index (χ3n) is 4.48. The summed E-state index contributed by atoms with van der Waals surface area (Å²) in [5.74, 6) is -0.422. The Labute approximate surface area is 157 Å². The molecule has 1 aliphatic heterocycles. The Bertz CT molecular complexity index is 1030. The summed E-state index contributed by atoms with van der Waals surface area (Å²) < 4.78 is 25.4. The first-order valence-corrected chi connectivity index (χ1v) is 10.2. The Morgan fingerprint density at radius 1 is 1.22 bits per heavy atom. The van der Waals surface area contributed by atoms with E-state index in [1.807, 2.05) is 6.07 Å².